The van der Waals surface area contributed by atoms with Crippen LogP contribution >= 0.6 is 12.8 Å². The third-order valence-corrected chi connectivity index (χ3v) is 2.37. The Hall–Kier alpha value is -1.49. The van der Waals surface area contributed by atoms with Crippen LogP contribution in [-0.4, -0.2) is 22.8 Å². The highest BCUT2D eigenvalue weighted by atomic mass is 32.1. The van der Waals surface area contributed by atoms with Crippen molar-refractivity contribution in [1.29, 1.82) is 0 Å². The van der Waals surface area contributed by atoms with E-state index in [9.17, 15) is 9.59 Å². The molecule has 0 fully saturated rings. The first-order valence-electron chi connectivity index (χ1n) is 5.37. The van der Waals surface area contributed by atoms with Crippen molar-refractivity contribution >= 4 is 24.8 Å². The fourth-order valence-corrected chi connectivity index (χ4v) is 1.63. The fraction of sp³-hybridized carbons (Fsp3) is 0.333. The summed E-state index contributed by atoms with van der Waals surface area (Å²) >= 11 is 4.02. The van der Waals surface area contributed by atoms with Gasteiger partial charge in [0, 0.05) is 12.1 Å². The second-order valence-electron chi connectivity index (χ2n) is 4.10. The van der Waals surface area contributed by atoms with Gasteiger partial charge >= 0.3 is 6.03 Å². The quantitative estimate of drug-likeness (QED) is 0.811. The van der Waals surface area contributed by atoms with E-state index in [1.54, 1.807) is 24.3 Å². The van der Waals surface area contributed by atoms with Crippen LogP contribution in [-0.2, 0) is 0 Å². The van der Waals surface area contributed by atoms with Crippen LogP contribution in [0, 0.1) is 5.92 Å². The molecule has 17 heavy (non-hydrogen) atoms. The molecule has 5 heteroatoms. The molecule has 0 atom stereocenters. The summed E-state index contributed by atoms with van der Waals surface area (Å²) in [5.41, 5.74) is 0.451. The van der Waals surface area contributed by atoms with Crippen LogP contribution in [0.2, 0.25) is 0 Å². The van der Waals surface area contributed by atoms with Crippen LogP contribution in [0.15, 0.2) is 30.3 Å². The third kappa shape index (κ3) is 4.48. The Morgan fingerprint density at radius 1 is 1.29 bits per heavy atom. The minimum Gasteiger partial charge on any atom is -0.273 e. The molecule has 4 nitrogen and oxygen atoms in total. The van der Waals surface area contributed by atoms with E-state index in [2.05, 4.69) is 18.1 Å². The Balaban J connectivity index is 2.55. The SMILES string of the molecule is CC(C)CN(S)C(=O)NC(=O)c1ccccc1. The molecule has 0 aliphatic rings. The van der Waals surface area contributed by atoms with Gasteiger partial charge in [-0.3, -0.25) is 14.4 Å². The van der Waals surface area contributed by atoms with Crippen molar-refractivity contribution in [3.05, 3.63) is 35.9 Å². The third-order valence-electron chi connectivity index (χ3n) is 2.03. The summed E-state index contributed by atoms with van der Waals surface area (Å²) in [6.45, 7) is 4.42. The van der Waals surface area contributed by atoms with Crippen molar-refractivity contribution < 1.29 is 9.59 Å². The normalized spacial score (nSPS) is 10.1. The summed E-state index contributed by atoms with van der Waals surface area (Å²) in [7, 11) is 0. The average Bonchev–Trinajstić information content (AvgIpc) is 2.29. The molecule has 0 aliphatic carbocycles. The molecule has 0 radical (unpaired) electrons. The van der Waals surface area contributed by atoms with Gasteiger partial charge in [-0.05, 0) is 18.1 Å². The maximum atomic E-state index is 11.7. The van der Waals surface area contributed by atoms with E-state index in [1.165, 1.54) is 4.31 Å². The molecule has 1 aromatic carbocycles. The average molecular weight is 252 g/mol. The zero-order valence-electron chi connectivity index (χ0n) is 9.88. The number of urea groups is 1. The molecule has 0 aliphatic heterocycles. The van der Waals surface area contributed by atoms with Gasteiger partial charge < -0.3 is 0 Å². The molecule has 1 aromatic rings. The highest BCUT2D eigenvalue weighted by molar-refractivity contribution is 7.78. The number of nitrogens with zero attached hydrogens (tertiary/aromatic N) is 1. The lowest BCUT2D eigenvalue weighted by Crippen LogP contribution is -2.39. The predicted octanol–water partition coefficient (Wildman–Crippen LogP) is 2.34. The molecule has 1 rings (SSSR count). The maximum absolute atomic E-state index is 11.7. The molecule has 3 amide bonds. The van der Waals surface area contributed by atoms with E-state index in [0.717, 1.165) is 0 Å². The Kier molecular flexibility index (Phi) is 5.03. The number of nitrogens with one attached hydrogen (secondary N) is 1. The van der Waals surface area contributed by atoms with E-state index < -0.39 is 11.9 Å². The number of benzene rings is 1. The highest BCUT2D eigenvalue weighted by Crippen LogP contribution is 2.03. The van der Waals surface area contributed by atoms with Crippen LogP contribution in [0.5, 0.6) is 0 Å². The molecule has 0 unspecified atom stereocenters. The van der Waals surface area contributed by atoms with E-state index in [4.69, 9.17) is 0 Å². The number of carbonyl (C=O) groups excluding carboxylic acids is 2. The number of amides is 3. The van der Waals surface area contributed by atoms with E-state index in [-0.39, 0.29) is 0 Å². The monoisotopic (exact) mass is 252 g/mol. The number of hydrogen-bond donors (Lipinski definition) is 2. The Labute approximate surface area is 107 Å². The molecule has 1 N–H and O–H groups in total. The molecule has 92 valence electrons. The molecule has 0 heterocycles. The zero-order chi connectivity index (χ0) is 12.8. The fourth-order valence-electron chi connectivity index (χ4n) is 1.25. The molecular weight excluding hydrogens is 236 g/mol. The largest absolute Gasteiger partial charge is 0.334 e. The smallest absolute Gasteiger partial charge is 0.273 e. The van der Waals surface area contributed by atoms with Crippen molar-refractivity contribution in [2.45, 2.75) is 13.8 Å². The Morgan fingerprint density at radius 3 is 2.41 bits per heavy atom. The van der Waals surface area contributed by atoms with Crippen LogP contribution in [0.3, 0.4) is 0 Å². The molecular formula is C12H16N2O2S. The Morgan fingerprint density at radius 2 is 1.88 bits per heavy atom. The van der Waals surface area contributed by atoms with Gasteiger partial charge in [0.15, 0.2) is 0 Å². The van der Waals surface area contributed by atoms with E-state index in [0.29, 0.717) is 18.0 Å². The molecule has 0 bridgehead atoms. The van der Waals surface area contributed by atoms with Gasteiger partial charge in [0.05, 0.1) is 0 Å². The van der Waals surface area contributed by atoms with Gasteiger partial charge in [0.1, 0.15) is 0 Å². The first kappa shape index (κ1) is 13.6. The molecule has 0 aromatic heterocycles. The van der Waals surface area contributed by atoms with Crippen molar-refractivity contribution in [3.63, 3.8) is 0 Å². The summed E-state index contributed by atoms with van der Waals surface area (Å²) in [6.07, 6.45) is 0. The van der Waals surface area contributed by atoms with Crippen molar-refractivity contribution in [3.8, 4) is 0 Å². The summed E-state index contributed by atoms with van der Waals surface area (Å²) in [6, 6.07) is 8.08. The summed E-state index contributed by atoms with van der Waals surface area (Å²) in [5, 5.41) is 2.27. The minimum absolute atomic E-state index is 0.296. The van der Waals surface area contributed by atoms with Crippen LogP contribution in [0.4, 0.5) is 4.79 Å². The van der Waals surface area contributed by atoms with Crippen LogP contribution in [0.1, 0.15) is 24.2 Å². The maximum Gasteiger partial charge on any atom is 0.334 e. The predicted molar refractivity (Wildman–Crippen MR) is 69.8 cm³/mol. The lowest BCUT2D eigenvalue weighted by Gasteiger charge is -2.17. The molecule has 0 spiro atoms. The first-order chi connectivity index (χ1) is 8.00. The van der Waals surface area contributed by atoms with Gasteiger partial charge in [-0.2, -0.15) is 0 Å². The van der Waals surface area contributed by atoms with Gasteiger partial charge in [0.25, 0.3) is 5.91 Å². The first-order valence-corrected chi connectivity index (χ1v) is 5.77. The number of hydrogen-bond acceptors (Lipinski definition) is 3. The lowest BCUT2D eigenvalue weighted by molar-refractivity contribution is 0.0959. The van der Waals surface area contributed by atoms with Gasteiger partial charge in [0.2, 0.25) is 0 Å². The van der Waals surface area contributed by atoms with Crippen molar-refractivity contribution in [2.24, 2.45) is 5.92 Å². The van der Waals surface area contributed by atoms with Crippen molar-refractivity contribution in [2.75, 3.05) is 6.54 Å². The summed E-state index contributed by atoms with van der Waals surface area (Å²) in [5.74, 6) is -0.122. The molecule has 0 saturated carbocycles. The number of thiol groups is 1. The lowest BCUT2D eigenvalue weighted by atomic mass is 10.2. The summed E-state index contributed by atoms with van der Waals surface area (Å²) in [4.78, 5) is 23.2. The Bertz CT molecular complexity index is 393. The topological polar surface area (TPSA) is 49.4 Å². The van der Waals surface area contributed by atoms with E-state index in [1.807, 2.05) is 19.9 Å². The van der Waals surface area contributed by atoms with Crippen LogP contribution < -0.4 is 5.32 Å². The van der Waals surface area contributed by atoms with Gasteiger partial charge in [-0.15, -0.1) is 0 Å². The van der Waals surface area contributed by atoms with Gasteiger partial charge in [-0.1, -0.05) is 44.9 Å². The van der Waals surface area contributed by atoms with E-state index >= 15 is 0 Å². The number of imide groups is 1. The van der Waals surface area contributed by atoms with Crippen molar-refractivity contribution in [1.82, 2.24) is 9.62 Å². The van der Waals surface area contributed by atoms with Gasteiger partial charge in [-0.25, -0.2) is 4.79 Å². The second-order valence-corrected chi connectivity index (χ2v) is 4.58. The molecule has 0 saturated heterocycles. The standard InChI is InChI=1S/C12H16N2O2S/c1-9(2)8-14(17)12(16)13-11(15)10-6-4-3-5-7-10/h3-7,9,17H,8H2,1-2H3,(H,13,15,16). The number of carbonyl (C=O) groups is 2. The zero-order valence-corrected chi connectivity index (χ0v) is 10.8. The number of rotatable bonds is 3. The van der Waals surface area contributed by atoms with Crippen LogP contribution in [0.25, 0.3) is 0 Å². The highest BCUT2D eigenvalue weighted by Gasteiger charge is 2.15. The minimum atomic E-state index is -0.504. The second kappa shape index (κ2) is 6.30. The summed E-state index contributed by atoms with van der Waals surface area (Å²) < 4.78 is 1.20.